The van der Waals surface area contributed by atoms with Crippen LogP contribution in [-0.4, -0.2) is 12.3 Å². The molecule has 0 spiro atoms. The van der Waals surface area contributed by atoms with Gasteiger partial charge in [-0.05, 0) is 43.0 Å². The average molecular weight is 296 g/mol. The van der Waals surface area contributed by atoms with Gasteiger partial charge < -0.3 is 9.53 Å². The maximum atomic E-state index is 11.3. The van der Waals surface area contributed by atoms with Gasteiger partial charge in [-0.3, -0.25) is 4.79 Å². The maximum absolute atomic E-state index is 11.3. The molecule has 0 heterocycles. The smallest absolute Gasteiger partial charge is 0.308 e. The highest BCUT2D eigenvalue weighted by molar-refractivity contribution is 5.69. The molecule has 0 amide bonds. The highest BCUT2D eigenvalue weighted by atomic mass is 16.5. The number of aryl methyl sites for hydroxylation is 2. The van der Waals surface area contributed by atoms with Gasteiger partial charge in [-0.25, -0.2) is 0 Å². The van der Waals surface area contributed by atoms with E-state index in [4.69, 9.17) is 4.74 Å². The van der Waals surface area contributed by atoms with Gasteiger partial charge in [0.15, 0.2) is 0 Å². The second-order valence-electron chi connectivity index (χ2n) is 5.43. The van der Waals surface area contributed by atoms with Crippen molar-refractivity contribution in [1.29, 1.82) is 0 Å². The monoisotopic (exact) mass is 296 g/mol. The summed E-state index contributed by atoms with van der Waals surface area (Å²) >= 11 is 0. The number of rotatable bonds is 6. The van der Waals surface area contributed by atoms with Gasteiger partial charge >= 0.3 is 5.97 Å². The van der Waals surface area contributed by atoms with Crippen LogP contribution in [0.25, 0.3) is 0 Å². The second kappa shape index (κ2) is 7.55. The Kier molecular flexibility index (Phi) is 5.48. The lowest BCUT2D eigenvalue weighted by atomic mass is 9.93. The average Bonchev–Trinajstić information content (AvgIpc) is 2.50. The van der Waals surface area contributed by atoms with Gasteiger partial charge in [0, 0.05) is 12.8 Å². The summed E-state index contributed by atoms with van der Waals surface area (Å²) in [4.78, 5) is 22.2. The predicted molar refractivity (Wildman–Crippen MR) is 86.1 cm³/mol. The standard InChI is InChI=1S/C19H20O3/c1-14-3-8-17(9-4-14)18(13-20)10-5-16-6-11-19(12-7-16)22-15(2)21/h3-4,6-9,11-13,18H,5,10H2,1-2H3. The lowest BCUT2D eigenvalue weighted by molar-refractivity contribution is -0.131. The molecule has 0 bridgehead atoms. The number of carbonyl (C=O) groups is 2. The van der Waals surface area contributed by atoms with Crippen LogP contribution in [0.3, 0.4) is 0 Å². The fourth-order valence-electron chi connectivity index (χ4n) is 2.34. The Morgan fingerprint density at radius 2 is 1.73 bits per heavy atom. The first-order valence-electron chi connectivity index (χ1n) is 7.37. The fraction of sp³-hybridized carbons (Fsp3) is 0.263. The normalized spacial score (nSPS) is 11.7. The van der Waals surface area contributed by atoms with Gasteiger partial charge in [0.05, 0.1) is 0 Å². The Morgan fingerprint density at radius 3 is 2.27 bits per heavy atom. The summed E-state index contributed by atoms with van der Waals surface area (Å²) in [7, 11) is 0. The molecule has 0 fully saturated rings. The Morgan fingerprint density at radius 1 is 1.09 bits per heavy atom. The van der Waals surface area contributed by atoms with Crippen LogP contribution in [0.2, 0.25) is 0 Å². The number of carbonyl (C=O) groups excluding carboxylic acids is 2. The van der Waals surface area contributed by atoms with E-state index in [9.17, 15) is 9.59 Å². The van der Waals surface area contributed by atoms with E-state index < -0.39 is 0 Å². The lowest BCUT2D eigenvalue weighted by Gasteiger charge is -2.11. The summed E-state index contributed by atoms with van der Waals surface area (Å²) in [5.74, 6) is 0.128. The van der Waals surface area contributed by atoms with Gasteiger partial charge in [-0.1, -0.05) is 42.0 Å². The molecule has 0 aromatic heterocycles. The van der Waals surface area contributed by atoms with Crippen LogP contribution >= 0.6 is 0 Å². The molecule has 2 aromatic rings. The molecule has 3 nitrogen and oxygen atoms in total. The number of benzene rings is 2. The molecule has 22 heavy (non-hydrogen) atoms. The van der Waals surface area contributed by atoms with Crippen molar-refractivity contribution in [2.24, 2.45) is 0 Å². The summed E-state index contributed by atoms with van der Waals surface area (Å²) in [5, 5.41) is 0. The van der Waals surface area contributed by atoms with Gasteiger partial charge in [0.25, 0.3) is 0 Å². The first-order valence-corrected chi connectivity index (χ1v) is 7.37. The molecule has 0 saturated heterocycles. The van der Waals surface area contributed by atoms with Gasteiger partial charge in [0.2, 0.25) is 0 Å². The number of hydrogen-bond donors (Lipinski definition) is 0. The first kappa shape index (κ1) is 16.0. The molecule has 2 aromatic carbocycles. The minimum Gasteiger partial charge on any atom is -0.427 e. The van der Waals surface area contributed by atoms with Crippen molar-refractivity contribution < 1.29 is 14.3 Å². The molecule has 0 aliphatic carbocycles. The lowest BCUT2D eigenvalue weighted by Crippen LogP contribution is -2.03. The van der Waals surface area contributed by atoms with E-state index in [-0.39, 0.29) is 11.9 Å². The SMILES string of the molecule is CC(=O)Oc1ccc(CCC(C=O)c2ccc(C)cc2)cc1. The van der Waals surface area contributed by atoms with Crippen molar-refractivity contribution in [2.45, 2.75) is 32.6 Å². The topological polar surface area (TPSA) is 43.4 Å². The van der Waals surface area contributed by atoms with Gasteiger partial charge in [0.1, 0.15) is 12.0 Å². The molecule has 2 rings (SSSR count). The molecule has 114 valence electrons. The Bertz CT molecular complexity index is 627. The van der Waals surface area contributed by atoms with E-state index >= 15 is 0 Å². The van der Waals surface area contributed by atoms with Crippen LogP contribution in [0.15, 0.2) is 48.5 Å². The quantitative estimate of drug-likeness (QED) is 0.462. The molecule has 0 saturated carbocycles. The molecule has 3 heteroatoms. The van der Waals surface area contributed by atoms with Crippen molar-refractivity contribution >= 4 is 12.3 Å². The fourth-order valence-corrected chi connectivity index (χ4v) is 2.34. The predicted octanol–water partition coefficient (Wildman–Crippen LogP) is 3.84. The van der Waals surface area contributed by atoms with Crippen LogP contribution in [0.5, 0.6) is 5.75 Å². The largest absolute Gasteiger partial charge is 0.427 e. The maximum Gasteiger partial charge on any atom is 0.308 e. The van der Waals surface area contributed by atoms with Crippen LogP contribution in [0, 0.1) is 6.92 Å². The highest BCUT2D eigenvalue weighted by Crippen LogP contribution is 2.21. The zero-order valence-corrected chi connectivity index (χ0v) is 12.9. The third kappa shape index (κ3) is 4.55. The molecule has 0 aliphatic rings. The minimum atomic E-state index is -0.326. The summed E-state index contributed by atoms with van der Waals surface area (Å²) in [6.45, 7) is 3.41. The molecule has 0 aliphatic heterocycles. The third-order valence-electron chi connectivity index (χ3n) is 3.60. The van der Waals surface area contributed by atoms with E-state index in [1.807, 2.05) is 43.3 Å². The molecule has 1 atom stereocenters. The minimum absolute atomic E-state index is 0.0891. The summed E-state index contributed by atoms with van der Waals surface area (Å²) in [5.41, 5.74) is 3.36. The summed E-state index contributed by atoms with van der Waals surface area (Å²) < 4.78 is 5.00. The number of aldehydes is 1. The van der Waals surface area contributed by atoms with Crippen molar-refractivity contribution in [2.75, 3.05) is 0 Å². The molecular formula is C19H20O3. The Labute approximate surface area is 130 Å². The van der Waals surface area contributed by atoms with Gasteiger partial charge in [-0.15, -0.1) is 0 Å². The molecule has 0 radical (unpaired) electrons. The number of esters is 1. The summed E-state index contributed by atoms with van der Waals surface area (Å²) in [6, 6.07) is 15.5. The highest BCUT2D eigenvalue weighted by Gasteiger charge is 2.10. The van der Waals surface area contributed by atoms with Crippen LogP contribution in [0.4, 0.5) is 0 Å². The Balaban J connectivity index is 1.97. The third-order valence-corrected chi connectivity index (χ3v) is 3.60. The summed E-state index contributed by atoms with van der Waals surface area (Å²) in [6.07, 6.45) is 2.58. The second-order valence-corrected chi connectivity index (χ2v) is 5.43. The molecular weight excluding hydrogens is 276 g/mol. The van der Waals surface area contributed by atoms with Crippen molar-refractivity contribution in [3.05, 3.63) is 65.2 Å². The van der Waals surface area contributed by atoms with Crippen molar-refractivity contribution in [1.82, 2.24) is 0 Å². The van der Waals surface area contributed by atoms with E-state index in [0.29, 0.717) is 5.75 Å². The van der Waals surface area contributed by atoms with Crippen molar-refractivity contribution in [3.8, 4) is 5.75 Å². The zero-order valence-electron chi connectivity index (χ0n) is 12.9. The van der Waals surface area contributed by atoms with E-state index in [2.05, 4.69) is 0 Å². The van der Waals surface area contributed by atoms with E-state index in [1.54, 1.807) is 12.1 Å². The Hall–Kier alpha value is -2.42. The van der Waals surface area contributed by atoms with Crippen LogP contribution in [0.1, 0.15) is 36.0 Å². The molecule has 1 unspecified atom stereocenters. The van der Waals surface area contributed by atoms with Crippen molar-refractivity contribution in [3.63, 3.8) is 0 Å². The van der Waals surface area contributed by atoms with Gasteiger partial charge in [-0.2, -0.15) is 0 Å². The number of hydrogen-bond acceptors (Lipinski definition) is 3. The van der Waals surface area contributed by atoms with E-state index in [0.717, 1.165) is 30.3 Å². The number of ether oxygens (including phenoxy) is 1. The molecule has 0 N–H and O–H groups in total. The van der Waals surface area contributed by atoms with E-state index in [1.165, 1.54) is 12.5 Å². The van der Waals surface area contributed by atoms with Crippen LogP contribution < -0.4 is 4.74 Å². The first-order chi connectivity index (χ1) is 10.6. The zero-order chi connectivity index (χ0) is 15.9. The van der Waals surface area contributed by atoms with Crippen LogP contribution in [-0.2, 0) is 16.0 Å².